The SMILES string of the molecule is CCNC(=O)C[NH+](CC)[C@@H](C)C(=O)Nc1ccccc1[N+](=O)[O-]. The summed E-state index contributed by atoms with van der Waals surface area (Å²) in [7, 11) is 0. The van der Waals surface area contributed by atoms with Gasteiger partial charge in [0.25, 0.3) is 17.5 Å². The summed E-state index contributed by atoms with van der Waals surface area (Å²) in [5.74, 6) is -0.491. The van der Waals surface area contributed by atoms with Crippen LogP contribution in [-0.2, 0) is 9.59 Å². The average molecular weight is 323 g/mol. The maximum atomic E-state index is 12.3. The smallest absolute Gasteiger partial charge is 0.292 e. The molecule has 0 heterocycles. The van der Waals surface area contributed by atoms with E-state index in [1.165, 1.54) is 18.2 Å². The number of quaternary nitrogens is 1. The summed E-state index contributed by atoms with van der Waals surface area (Å²) in [6, 6.07) is 5.46. The monoisotopic (exact) mass is 323 g/mol. The number of carbonyl (C=O) groups excluding carboxylic acids is 2. The van der Waals surface area contributed by atoms with Gasteiger partial charge in [0.2, 0.25) is 0 Å². The molecule has 2 amide bonds. The predicted octanol–water partition coefficient (Wildman–Crippen LogP) is -0.0373. The van der Waals surface area contributed by atoms with Crippen molar-refractivity contribution in [1.82, 2.24) is 5.32 Å². The van der Waals surface area contributed by atoms with E-state index < -0.39 is 11.0 Å². The van der Waals surface area contributed by atoms with Crippen molar-refractivity contribution in [2.24, 2.45) is 0 Å². The van der Waals surface area contributed by atoms with Gasteiger partial charge in [-0.1, -0.05) is 12.1 Å². The molecule has 0 spiro atoms. The van der Waals surface area contributed by atoms with Crippen molar-refractivity contribution in [3.05, 3.63) is 34.4 Å². The minimum atomic E-state index is -0.542. The van der Waals surface area contributed by atoms with Gasteiger partial charge in [-0.25, -0.2) is 0 Å². The van der Waals surface area contributed by atoms with Crippen LogP contribution in [0.15, 0.2) is 24.3 Å². The Balaban J connectivity index is 2.79. The van der Waals surface area contributed by atoms with Gasteiger partial charge in [-0.05, 0) is 26.8 Å². The molecule has 0 saturated carbocycles. The van der Waals surface area contributed by atoms with Crippen LogP contribution in [0, 0.1) is 10.1 Å². The Morgan fingerprint density at radius 2 is 1.96 bits per heavy atom. The van der Waals surface area contributed by atoms with Gasteiger partial charge in [0.05, 0.1) is 11.5 Å². The van der Waals surface area contributed by atoms with E-state index >= 15 is 0 Å². The highest BCUT2D eigenvalue weighted by atomic mass is 16.6. The fourth-order valence-corrected chi connectivity index (χ4v) is 2.22. The molecule has 0 radical (unpaired) electrons. The number of nitro benzene ring substituents is 1. The lowest BCUT2D eigenvalue weighted by Crippen LogP contribution is -3.17. The second-order valence-electron chi connectivity index (χ2n) is 5.13. The summed E-state index contributed by atoms with van der Waals surface area (Å²) in [4.78, 5) is 35.2. The molecule has 1 aromatic carbocycles. The molecule has 1 aromatic rings. The maximum absolute atomic E-state index is 12.3. The summed E-state index contributed by atoms with van der Waals surface area (Å²) >= 11 is 0. The van der Waals surface area contributed by atoms with Crippen LogP contribution in [-0.4, -0.2) is 42.4 Å². The highest BCUT2D eigenvalue weighted by Crippen LogP contribution is 2.22. The van der Waals surface area contributed by atoms with E-state index in [1.54, 1.807) is 13.0 Å². The molecule has 23 heavy (non-hydrogen) atoms. The lowest BCUT2D eigenvalue weighted by Gasteiger charge is -2.23. The summed E-state index contributed by atoms with van der Waals surface area (Å²) in [5.41, 5.74) is -0.00219. The van der Waals surface area contributed by atoms with E-state index in [1.807, 2.05) is 13.8 Å². The molecule has 8 heteroatoms. The molecule has 0 aromatic heterocycles. The molecule has 1 unspecified atom stereocenters. The van der Waals surface area contributed by atoms with Crippen LogP contribution in [0.4, 0.5) is 11.4 Å². The minimum absolute atomic E-state index is 0.130. The first kappa shape index (κ1) is 18.6. The molecule has 2 atom stereocenters. The lowest BCUT2D eigenvalue weighted by molar-refractivity contribution is -0.904. The second kappa shape index (κ2) is 8.84. The van der Waals surface area contributed by atoms with Gasteiger partial charge in [0.15, 0.2) is 12.6 Å². The summed E-state index contributed by atoms with van der Waals surface area (Å²) < 4.78 is 0. The maximum Gasteiger partial charge on any atom is 0.292 e. The van der Waals surface area contributed by atoms with E-state index in [2.05, 4.69) is 10.6 Å². The Bertz CT molecular complexity index is 576. The normalized spacial score (nSPS) is 13.0. The van der Waals surface area contributed by atoms with Crippen molar-refractivity contribution in [1.29, 1.82) is 0 Å². The predicted molar refractivity (Wildman–Crippen MR) is 86.2 cm³/mol. The number of para-hydroxylation sites is 2. The number of nitrogens with zero attached hydrogens (tertiary/aromatic N) is 1. The zero-order valence-electron chi connectivity index (χ0n) is 13.6. The Kier molecular flexibility index (Phi) is 7.14. The molecule has 0 bridgehead atoms. The first-order chi connectivity index (χ1) is 10.9. The van der Waals surface area contributed by atoms with Gasteiger partial charge >= 0.3 is 0 Å². The summed E-state index contributed by atoms with van der Waals surface area (Å²) in [5, 5.41) is 16.3. The molecule has 8 nitrogen and oxygen atoms in total. The van der Waals surface area contributed by atoms with Crippen molar-refractivity contribution < 1.29 is 19.4 Å². The Labute approximate surface area is 135 Å². The number of anilines is 1. The Morgan fingerprint density at radius 1 is 1.30 bits per heavy atom. The highest BCUT2D eigenvalue weighted by Gasteiger charge is 2.27. The van der Waals surface area contributed by atoms with Crippen LogP contribution >= 0.6 is 0 Å². The topological polar surface area (TPSA) is 106 Å². The lowest BCUT2D eigenvalue weighted by atomic mass is 10.2. The van der Waals surface area contributed by atoms with E-state index in [9.17, 15) is 19.7 Å². The highest BCUT2D eigenvalue weighted by molar-refractivity contribution is 5.95. The second-order valence-corrected chi connectivity index (χ2v) is 5.13. The molecule has 0 aliphatic heterocycles. The average Bonchev–Trinajstić information content (AvgIpc) is 2.52. The van der Waals surface area contributed by atoms with Crippen molar-refractivity contribution in [3.63, 3.8) is 0 Å². The van der Waals surface area contributed by atoms with E-state index in [4.69, 9.17) is 0 Å². The zero-order valence-corrected chi connectivity index (χ0v) is 13.6. The van der Waals surface area contributed by atoms with Crippen LogP contribution in [0.3, 0.4) is 0 Å². The Hall–Kier alpha value is -2.48. The first-order valence-electron chi connectivity index (χ1n) is 7.56. The van der Waals surface area contributed by atoms with Gasteiger partial charge in [0, 0.05) is 12.6 Å². The third-order valence-electron chi connectivity index (χ3n) is 3.58. The number of hydrogen-bond acceptors (Lipinski definition) is 4. The molecular weight excluding hydrogens is 300 g/mol. The van der Waals surface area contributed by atoms with E-state index in [-0.39, 0.29) is 29.7 Å². The van der Waals surface area contributed by atoms with Gasteiger partial charge in [0.1, 0.15) is 5.69 Å². The van der Waals surface area contributed by atoms with Crippen LogP contribution in [0.2, 0.25) is 0 Å². The van der Waals surface area contributed by atoms with Crippen LogP contribution in [0.25, 0.3) is 0 Å². The third-order valence-corrected chi connectivity index (χ3v) is 3.58. The summed E-state index contributed by atoms with van der Waals surface area (Å²) in [6.07, 6.45) is 0. The number of hydrogen-bond donors (Lipinski definition) is 3. The molecule has 126 valence electrons. The molecular formula is C15H23N4O4+. The minimum Gasteiger partial charge on any atom is -0.351 e. The number of carbonyl (C=O) groups is 2. The van der Waals surface area contributed by atoms with Crippen molar-refractivity contribution in [3.8, 4) is 0 Å². The largest absolute Gasteiger partial charge is 0.351 e. The molecule has 0 saturated heterocycles. The number of benzene rings is 1. The van der Waals surface area contributed by atoms with Gasteiger partial charge in [-0.2, -0.15) is 0 Å². The number of nitro groups is 1. The van der Waals surface area contributed by atoms with Crippen molar-refractivity contribution in [2.45, 2.75) is 26.8 Å². The Morgan fingerprint density at radius 3 is 2.52 bits per heavy atom. The van der Waals surface area contributed by atoms with Gasteiger partial charge in [-0.3, -0.25) is 19.7 Å². The molecule has 1 rings (SSSR count). The quantitative estimate of drug-likeness (QED) is 0.461. The number of likely N-dealkylation sites (N-methyl/N-ethyl adjacent to an activating group) is 2. The van der Waals surface area contributed by atoms with E-state index in [0.29, 0.717) is 13.1 Å². The fraction of sp³-hybridized carbons (Fsp3) is 0.467. The molecule has 0 fully saturated rings. The fourth-order valence-electron chi connectivity index (χ4n) is 2.22. The first-order valence-corrected chi connectivity index (χ1v) is 7.56. The molecule has 0 aliphatic carbocycles. The van der Waals surface area contributed by atoms with Gasteiger partial charge < -0.3 is 15.5 Å². The third kappa shape index (κ3) is 5.33. The van der Waals surface area contributed by atoms with Crippen LogP contribution in [0.1, 0.15) is 20.8 Å². The zero-order chi connectivity index (χ0) is 17.4. The van der Waals surface area contributed by atoms with Crippen LogP contribution in [0.5, 0.6) is 0 Å². The number of amides is 2. The van der Waals surface area contributed by atoms with Crippen molar-refractivity contribution in [2.75, 3.05) is 25.0 Å². The van der Waals surface area contributed by atoms with Gasteiger partial charge in [-0.15, -0.1) is 0 Å². The number of nitrogens with one attached hydrogen (secondary N) is 3. The molecule has 3 N–H and O–H groups in total. The number of rotatable bonds is 8. The standard InChI is InChI=1S/C15H22N4O4/c1-4-16-14(20)10-18(5-2)11(3)15(21)17-12-8-6-7-9-13(12)19(22)23/h6-9,11H,4-5,10H2,1-3H3,(H,16,20)(H,17,21)/p+1/t11-/m0/s1. The van der Waals surface area contributed by atoms with Crippen molar-refractivity contribution >= 4 is 23.2 Å². The molecule has 0 aliphatic rings. The van der Waals surface area contributed by atoms with Crippen LogP contribution < -0.4 is 15.5 Å². The summed E-state index contributed by atoms with van der Waals surface area (Å²) in [6.45, 7) is 6.70. The van der Waals surface area contributed by atoms with E-state index in [0.717, 1.165) is 4.90 Å².